The smallest absolute Gasteiger partial charge is 0.274 e. The molecule has 5 heterocycles. The zero-order valence-corrected chi connectivity index (χ0v) is 20.8. The largest absolute Gasteiger partial charge is 0.487 e. The number of ether oxygens (including phenoxy) is 2. The van der Waals surface area contributed by atoms with Crippen LogP contribution in [0.2, 0.25) is 0 Å². The van der Waals surface area contributed by atoms with E-state index in [2.05, 4.69) is 17.2 Å². The minimum atomic E-state index is -0.712. The molecule has 0 spiro atoms. The summed E-state index contributed by atoms with van der Waals surface area (Å²) in [5.41, 5.74) is 0.203. The molecule has 0 aromatic carbocycles. The van der Waals surface area contributed by atoms with E-state index in [0.717, 1.165) is 18.5 Å². The molecule has 0 radical (unpaired) electrons. The van der Waals surface area contributed by atoms with E-state index in [9.17, 15) is 9.59 Å². The third-order valence-electron chi connectivity index (χ3n) is 6.28. The van der Waals surface area contributed by atoms with E-state index in [1.807, 2.05) is 13.8 Å². The molecule has 3 fully saturated rings. The summed E-state index contributed by atoms with van der Waals surface area (Å²) in [5, 5.41) is 2.58. The Labute approximate surface area is 203 Å². The van der Waals surface area contributed by atoms with E-state index in [0.29, 0.717) is 6.61 Å². The zero-order chi connectivity index (χ0) is 24.8. The lowest BCUT2D eigenvalue weighted by Crippen LogP contribution is -2.45. The van der Waals surface area contributed by atoms with Gasteiger partial charge in [-0.1, -0.05) is 13.8 Å². The van der Waals surface area contributed by atoms with Gasteiger partial charge in [0.2, 0.25) is 5.82 Å². The van der Waals surface area contributed by atoms with Crippen molar-refractivity contribution >= 4 is 17.2 Å². The number of halogens is 2. The minimum absolute atomic E-state index is 0. The van der Waals surface area contributed by atoms with Crippen LogP contribution in [0.25, 0.3) is 5.65 Å². The van der Waals surface area contributed by atoms with E-state index < -0.39 is 11.7 Å². The SMILES string of the molecule is CC.CC(C)Oc1c(C(=O)Nc2cccn(C)c2=O)cn2cc(C34COC(C)(C3)C4)nc2c1F.F.[HH]. The highest BCUT2D eigenvalue weighted by Crippen LogP contribution is 2.58. The molecule has 8 nitrogen and oxygen atoms in total. The van der Waals surface area contributed by atoms with Crippen LogP contribution < -0.4 is 15.6 Å². The van der Waals surface area contributed by atoms with Gasteiger partial charge in [-0.3, -0.25) is 14.3 Å². The molecule has 2 bridgehead atoms. The molecule has 1 amide bonds. The molecule has 2 aliphatic heterocycles. The van der Waals surface area contributed by atoms with Crippen molar-refractivity contribution in [2.45, 2.75) is 64.6 Å². The number of nitrogens with one attached hydrogen (secondary N) is 1. The van der Waals surface area contributed by atoms with E-state index in [1.165, 1.54) is 21.2 Å². The summed E-state index contributed by atoms with van der Waals surface area (Å²) in [7, 11) is 1.58. The van der Waals surface area contributed by atoms with Gasteiger partial charge in [0.1, 0.15) is 11.3 Å². The normalized spacial score (nSPS) is 22.2. The number of pyridine rings is 2. The Morgan fingerprint density at radius 3 is 2.60 bits per heavy atom. The fourth-order valence-corrected chi connectivity index (χ4v) is 4.87. The third-order valence-corrected chi connectivity index (χ3v) is 6.28. The van der Waals surface area contributed by atoms with E-state index >= 15 is 4.39 Å². The summed E-state index contributed by atoms with van der Waals surface area (Å²) in [5.74, 6) is -1.54. The average molecular weight is 493 g/mol. The van der Waals surface area contributed by atoms with Gasteiger partial charge in [0.25, 0.3) is 11.5 Å². The lowest BCUT2D eigenvalue weighted by molar-refractivity contribution is 0.0154. The van der Waals surface area contributed by atoms with Crippen molar-refractivity contribution in [2.75, 3.05) is 11.9 Å². The fraction of sp³-hybridized carbons (Fsp3) is 0.480. The van der Waals surface area contributed by atoms with Gasteiger partial charge in [0.05, 0.1) is 24.0 Å². The number of rotatable bonds is 5. The van der Waals surface area contributed by atoms with Crippen LogP contribution in [0.15, 0.2) is 35.5 Å². The molecule has 1 aliphatic carbocycles. The van der Waals surface area contributed by atoms with Crippen molar-refractivity contribution in [3.8, 4) is 5.75 Å². The molecule has 35 heavy (non-hydrogen) atoms. The molecule has 1 saturated carbocycles. The molecular weight excluding hydrogens is 458 g/mol. The first-order valence-corrected chi connectivity index (χ1v) is 11.6. The van der Waals surface area contributed by atoms with Gasteiger partial charge >= 0.3 is 0 Å². The number of fused-ring (bicyclic) bond motifs is 2. The molecule has 0 unspecified atom stereocenters. The van der Waals surface area contributed by atoms with Crippen LogP contribution in [-0.4, -0.2) is 38.2 Å². The van der Waals surface area contributed by atoms with Crippen LogP contribution in [0, 0.1) is 5.82 Å². The first kappa shape index (κ1) is 26.3. The molecule has 192 valence electrons. The summed E-state index contributed by atoms with van der Waals surface area (Å²) in [6, 6.07) is 3.14. The van der Waals surface area contributed by atoms with Crippen LogP contribution >= 0.6 is 0 Å². The van der Waals surface area contributed by atoms with Gasteiger partial charge < -0.3 is 23.8 Å². The summed E-state index contributed by atoms with van der Waals surface area (Å²) in [6.45, 7) is 10.1. The summed E-state index contributed by atoms with van der Waals surface area (Å²) in [4.78, 5) is 30.0. The second kappa shape index (κ2) is 9.41. The Bertz CT molecular complexity index is 1320. The summed E-state index contributed by atoms with van der Waals surface area (Å²) >= 11 is 0. The highest BCUT2D eigenvalue weighted by atomic mass is 19.1. The second-order valence-corrected chi connectivity index (χ2v) is 9.37. The number of nitrogens with zero attached hydrogens (tertiary/aromatic N) is 3. The second-order valence-electron chi connectivity index (χ2n) is 9.37. The van der Waals surface area contributed by atoms with Crippen molar-refractivity contribution in [1.82, 2.24) is 14.0 Å². The van der Waals surface area contributed by atoms with Crippen molar-refractivity contribution < 1.29 is 24.8 Å². The van der Waals surface area contributed by atoms with E-state index in [1.54, 1.807) is 39.4 Å². The quantitative estimate of drug-likeness (QED) is 0.569. The van der Waals surface area contributed by atoms with Crippen molar-refractivity contribution in [3.05, 3.63) is 58.2 Å². The number of aryl methyl sites for hydroxylation is 1. The lowest BCUT2D eigenvalue weighted by atomic mass is 9.62. The Hall–Kier alpha value is -3.27. The summed E-state index contributed by atoms with van der Waals surface area (Å²) < 4.78 is 30.0. The fourth-order valence-electron chi connectivity index (χ4n) is 4.87. The average Bonchev–Trinajstić information content (AvgIpc) is 3.45. The predicted molar refractivity (Wildman–Crippen MR) is 132 cm³/mol. The number of carbonyl (C=O) groups is 1. The Balaban J connectivity index is 0.00000111. The van der Waals surface area contributed by atoms with Crippen LogP contribution in [0.1, 0.15) is 64.9 Å². The standard InChI is InChI=1S/C23H25FN4O4.C2H6.FH.H2/c1-13(2)32-18-14(20(29)25-15-6-5-7-27(4)21(15)30)8-28-9-16(26-19(28)17(18)24)23-10-22(3,11-23)31-12-23;1-2;;/h5-9,13H,10-12H2,1-4H3,(H,25,29);1-2H3;2*1H. The van der Waals surface area contributed by atoms with Gasteiger partial charge in [-0.25, -0.2) is 4.98 Å². The number of carbonyl (C=O) groups excluding carboxylic acids is 1. The number of imidazole rings is 1. The Morgan fingerprint density at radius 1 is 1.31 bits per heavy atom. The predicted octanol–water partition coefficient (Wildman–Crippen LogP) is 4.46. The Morgan fingerprint density at radius 2 is 2.00 bits per heavy atom. The van der Waals surface area contributed by atoms with Crippen LogP contribution in [0.5, 0.6) is 5.75 Å². The Kier molecular flexibility index (Phi) is 7.08. The maximum atomic E-state index is 15.6. The first-order chi connectivity index (χ1) is 16.1. The van der Waals surface area contributed by atoms with Crippen LogP contribution in [0.4, 0.5) is 14.8 Å². The van der Waals surface area contributed by atoms with Gasteiger partial charge in [-0.05, 0) is 45.7 Å². The van der Waals surface area contributed by atoms with Crippen LogP contribution in [-0.2, 0) is 17.2 Å². The molecule has 0 atom stereocenters. The number of hydrogen-bond donors (Lipinski definition) is 1. The number of aromatic nitrogens is 3. The monoisotopic (exact) mass is 492 g/mol. The van der Waals surface area contributed by atoms with E-state index in [4.69, 9.17) is 9.47 Å². The topological polar surface area (TPSA) is 86.9 Å². The maximum Gasteiger partial charge on any atom is 0.274 e. The molecule has 2 saturated heterocycles. The van der Waals surface area contributed by atoms with Gasteiger partial charge in [-0.2, -0.15) is 4.39 Å². The molecular formula is C25H34F2N4O4. The molecule has 3 aromatic heterocycles. The van der Waals surface area contributed by atoms with Crippen molar-refractivity contribution in [2.24, 2.45) is 7.05 Å². The van der Waals surface area contributed by atoms with Gasteiger partial charge in [0.15, 0.2) is 11.4 Å². The van der Waals surface area contributed by atoms with Crippen molar-refractivity contribution in [1.29, 1.82) is 0 Å². The first-order valence-electron chi connectivity index (χ1n) is 11.6. The molecule has 1 N–H and O–H groups in total. The number of amides is 1. The number of anilines is 1. The summed E-state index contributed by atoms with van der Waals surface area (Å²) in [6.07, 6.45) is 6.15. The molecule has 3 aliphatic rings. The third kappa shape index (κ3) is 4.42. The lowest BCUT2D eigenvalue weighted by Gasteiger charge is -2.41. The molecule has 6 rings (SSSR count). The van der Waals surface area contributed by atoms with Crippen molar-refractivity contribution in [3.63, 3.8) is 0 Å². The maximum absolute atomic E-state index is 15.6. The molecule has 3 aromatic rings. The van der Waals surface area contributed by atoms with Gasteiger partial charge in [0, 0.05) is 32.5 Å². The highest BCUT2D eigenvalue weighted by Gasteiger charge is 2.61. The van der Waals surface area contributed by atoms with Gasteiger partial charge in [-0.15, -0.1) is 0 Å². The number of hydrogen-bond acceptors (Lipinski definition) is 5. The zero-order valence-electron chi connectivity index (χ0n) is 20.8. The highest BCUT2D eigenvalue weighted by molar-refractivity contribution is 6.06. The molecule has 10 heteroatoms. The van der Waals surface area contributed by atoms with Crippen LogP contribution in [0.3, 0.4) is 0 Å². The minimum Gasteiger partial charge on any atom is -0.487 e. The van der Waals surface area contributed by atoms with E-state index in [-0.39, 0.29) is 51.5 Å².